The van der Waals surface area contributed by atoms with Crippen LogP contribution in [0.2, 0.25) is 0 Å². The lowest BCUT2D eigenvalue weighted by Crippen LogP contribution is -2.10. The van der Waals surface area contributed by atoms with Gasteiger partial charge >= 0.3 is 0 Å². The normalized spacial score (nSPS) is 10.6. The Balaban J connectivity index is 1.68. The number of amides is 1. The molecular formula is C20H22N4O2. The standard InChI is InChI=1S/C20H22N4O2/c1-4-18(25)22-16-10-7-14(3)17(11-16)21-12-19-23-20(24-26-19)15-8-5-13(2)6-9-15/h5-11,21H,4,12H2,1-3H3,(H,22,25). The van der Waals surface area contributed by atoms with Crippen LogP contribution in [0, 0.1) is 13.8 Å². The monoisotopic (exact) mass is 350 g/mol. The fourth-order valence-corrected chi connectivity index (χ4v) is 2.46. The summed E-state index contributed by atoms with van der Waals surface area (Å²) in [6, 6.07) is 13.7. The van der Waals surface area contributed by atoms with Gasteiger partial charge < -0.3 is 15.2 Å². The van der Waals surface area contributed by atoms with Crippen molar-refractivity contribution in [2.45, 2.75) is 33.7 Å². The van der Waals surface area contributed by atoms with Crippen LogP contribution in [0.25, 0.3) is 11.4 Å². The van der Waals surface area contributed by atoms with Crippen molar-refractivity contribution < 1.29 is 9.32 Å². The van der Waals surface area contributed by atoms with E-state index in [0.29, 0.717) is 24.7 Å². The molecule has 0 saturated carbocycles. The van der Waals surface area contributed by atoms with E-state index in [1.54, 1.807) is 0 Å². The van der Waals surface area contributed by atoms with Crippen LogP contribution in [0.5, 0.6) is 0 Å². The number of carbonyl (C=O) groups is 1. The Morgan fingerprint density at radius 3 is 2.62 bits per heavy atom. The van der Waals surface area contributed by atoms with Gasteiger partial charge in [-0.1, -0.05) is 48.0 Å². The quantitative estimate of drug-likeness (QED) is 0.692. The van der Waals surface area contributed by atoms with Crippen LogP contribution in [-0.4, -0.2) is 16.0 Å². The van der Waals surface area contributed by atoms with Gasteiger partial charge in [0.25, 0.3) is 0 Å². The Kier molecular flexibility index (Phi) is 5.31. The topological polar surface area (TPSA) is 80.0 Å². The summed E-state index contributed by atoms with van der Waals surface area (Å²) < 4.78 is 5.33. The molecule has 26 heavy (non-hydrogen) atoms. The highest BCUT2D eigenvalue weighted by Crippen LogP contribution is 2.22. The minimum atomic E-state index is -0.0144. The van der Waals surface area contributed by atoms with Crippen molar-refractivity contribution in [2.24, 2.45) is 0 Å². The second-order valence-corrected chi connectivity index (χ2v) is 6.16. The van der Waals surface area contributed by atoms with Gasteiger partial charge in [-0.15, -0.1) is 0 Å². The summed E-state index contributed by atoms with van der Waals surface area (Å²) in [5, 5.41) is 10.2. The van der Waals surface area contributed by atoms with Gasteiger partial charge in [-0.2, -0.15) is 4.98 Å². The fourth-order valence-electron chi connectivity index (χ4n) is 2.46. The van der Waals surface area contributed by atoms with Gasteiger partial charge in [-0.3, -0.25) is 4.79 Å². The van der Waals surface area contributed by atoms with E-state index >= 15 is 0 Å². The molecule has 0 spiro atoms. The molecule has 3 aromatic rings. The summed E-state index contributed by atoms with van der Waals surface area (Å²) in [5.41, 5.74) is 4.85. The Labute approximate surface area is 152 Å². The third-order valence-electron chi connectivity index (χ3n) is 4.05. The maximum atomic E-state index is 11.6. The molecule has 0 aliphatic carbocycles. The highest BCUT2D eigenvalue weighted by atomic mass is 16.5. The van der Waals surface area contributed by atoms with E-state index in [2.05, 4.69) is 20.8 Å². The Morgan fingerprint density at radius 1 is 1.12 bits per heavy atom. The molecule has 6 nitrogen and oxygen atoms in total. The number of aryl methyl sites for hydroxylation is 2. The van der Waals surface area contributed by atoms with Crippen molar-refractivity contribution in [3.63, 3.8) is 0 Å². The van der Waals surface area contributed by atoms with Gasteiger partial charge in [0, 0.05) is 23.4 Å². The number of benzene rings is 2. The van der Waals surface area contributed by atoms with E-state index in [4.69, 9.17) is 4.52 Å². The Morgan fingerprint density at radius 2 is 1.88 bits per heavy atom. The van der Waals surface area contributed by atoms with Crippen LogP contribution in [-0.2, 0) is 11.3 Å². The van der Waals surface area contributed by atoms with Crippen molar-refractivity contribution in [3.8, 4) is 11.4 Å². The van der Waals surface area contributed by atoms with E-state index < -0.39 is 0 Å². The summed E-state index contributed by atoms with van der Waals surface area (Å²) in [5.74, 6) is 1.06. The SMILES string of the molecule is CCC(=O)Nc1ccc(C)c(NCc2nc(-c3ccc(C)cc3)no2)c1. The molecule has 0 saturated heterocycles. The number of anilines is 2. The number of rotatable bonds is 6. The lowest BCUT2D eigenvalue weighted by atomic mass is 10.1. The molecule has 0 aliphatic rings. The zero-order chi connectivity index (χ0) is 18.5. The highest BCUT2D eigenvalue weighted by Gasteiger charge is 2.09. The molecule has 0 unspecified atom stereocenters. The summed E-state index contributed by atoms with van der Waals surface area (Å²) in [6.07, 6.45) is 0.445. The van der Waals surface area contributed by atoms with Gasteiger partial charge in [-0.05, 0) is 31.5 Å². The number of nitrogens with zero attached hydrogens (tertiary/aromatic N) is 2. The molecule has 0 radical (unpaired) electrons. The number of aromatic nitrogens is 2. The van der Waals surface area contributed by atoms with Gasteiger partial charge in [0.1, 0.15) is 0 Å². The van der Waals surface area contributed by atoms with Gasteiger partial charge in [-0.25, -0.2) is 0 Å². The van der Waals surface area contributed by atoms with Crippen molar-refractivity contribution >= 4 is 17.3 Å². The smallest absolute Gasteiger partial charge is 0.246 e. The lowest BCUT2D eigenvalue weighted by Gasteiger charge is -2.10. The molecule has 2 N–H and O–H groups in total. The van der Waals surface area contributed by atoms with Crippen LogP contribution >= 0.6 is 0 Å². The first-order chi connectivity index (χ1) is 12.5. The third kappa shape index (κ3) is 4.27. The average Bonchev–Trinajstić information content (AvgIpc) is 3.11. The predicted molar refractivity (Wildman–Crippen MR) is 102 cm³/mol. The van der Waals surface area contributed by atoms with E-state index in [-0.39, 0.29) is 5.91 Å². The second-order valence-electron chi connectivity index (χ2n) is 6.16. The van der Waals surface area contributed by atoms with E-state index in [1.807, 2.05) is 63.2 Å². The molecule has 1 aromatic heterocycles. The van der Waals surface area contributed by atoms with Gasteiger partial charge in [0.2, 0.25) is 17.6 Å². The first-order valence-corrected chi connectivity index (χ1v) is 8.59. The van der Waals surface area contributed by atoms with E-state index in [1.165, 1.54) is 5.56 Å². The predicted octanol–water partition coefficient (Wildman–Crippen LogP) is 4.31. The van der Waals surface area contributed by atoms with E-state index in [0.717, 1.165) is 22.5 Å². The van der Waals surface area contributed by atoms with Crippen LogP contribution in [0.4, 0.5) is 11.4 Å². The van der Waals surface area contributed by atoms with Crippen LogP contribution in [0.15, 0.2) is 47.0 Å². The minimum absolute atomic E-state index is 0.0144. The lowest BCUT2D eigenvalue weighted by molar-refractivity contribution is -0.115. The molecule has 0 fully saturated rings. The maximum absolute atomic E-state index is 11.6. The van der Waals surface area contributed by atoms with Crippen molar-refractivity contribution in [1.29, 1.82) is 0 Å². The summed E-state index contributed by atoms with van der Waals surface area (Å²) in [7, 11) is 0. The summed E-state index contributed by atoms with van der Waals surface area (Å²) in [6.45, 7) is 6.27. The second kappa shape index (κ2) is 7.82. The molecular weight excluding hydrogens is 328 g/mol. The number of hydrogen-bond donors (Lipinski definition) is 2. The van der Waals surface area contributed by atoms with Crippen molar-refractivity contribution in [2.75, 3.05) is 10.6 Å². The van der Waals surface area contributed by atoms with Crippen LogP contribution in [0.3, 0.4) is 0 Å². The average molecular weight is 350 g/mol. The first kappa shape index (κ1) is 17.7. The molecule has 1 amide bonds. The first-order valence-electron chi connectivity index (χ1n) is 8.59. The number of hydrogen-bond acceptors (Lipinski definition) is 5. The van der Waals surface area contributed by atoms with Crippen molar-refractivity contribution in [1.82, 2.24) is 10.1 Å². The zero-order valence-corrected chi connectivity index (χ0v) is 15.2. The highest BCUT2D eigenvalue weighted by molar-refractivity contribution is 5.91. The number of nitrogens with one attached hydrogen (secondary N) is 2. The molecule has 6 heteroatoms. The molecule has 2 aromatic carbocycles. The molecule has 0 atom stereocenters. The molecule has 134 valence electrons. The van der Waals surface area contributed by atoms with E-state index in [9.17, 15) is 4.79 Å². The van der Waals surface area contributed by atoms with Crippen LogP contribution < -0.4 is 10.6 Å². The van der Waals surface area contributed by atoms with Gasteiger partial charge in [0.15, 0.2) is 0 Å². The Hall–Kier alpha value is -3.15. The molecule has 0 bridgehead atoms. The van der Waals surface area contributed by atoms with Gasteiger partial charge in [0.05, 0.1) is 6.54 Å². The molecule has 1 heterocycles. The summed E-state index contributed by atoms with van der Waals surface area (Å²) in [4.78, 5) is 16.0. The molecule has 3 rings (SSSR count). The Bertz CT molecular complexity index is 900. The van der Waals surface area contributed by atoms with Crippen LogP contribution in [0.1, 0.15) is 30.4 Å². The largest absolute Gasteiger partial charge is 0.376 e. The van der Waals surface area contributed by atoms with Crippen molar-refractivity contribution in [3.05, 3.63) is 59.5 Å². The fraction of sp³-hybridized carbons (Fsp3) is 0.250. The number of carbonyl (C=O) groups excluding carboxylic acids is 1. The zero-order valence-electron chi connectivity index (χ0n) is 15.2. The third-order valence-corrected chi connectivity index (χ3v) is 4.05. The summed E-state index contributed by atoms with van der Waals surface area (Å²) >= 11 is 0. The maximum Gasteiger partial charge on any atom is 0.246 e. The molecule has 0 aliphatic heterocycles. The minimum Gasteiger partial charge on any atom is -0.376 e.